The van der Waals surface area contributed by atoms with E-state index >= 15 is 0 Å². The van der Waals surface area contributed by atoms with Gasteiger partial charge in [-0.1, -0.05) is 59.7 Å². The summed E-state index contributed by atoms with van der Waals surface area (Å²) in [5.41, 5.74) is 10.3. The molecule has 0 atom stereocenters. The molecule has 0 radical (unpaired) electrons. The number of hydrogen-bond acceptors (Lipinski definition) is 3. The molecule has 116 valence electrons. The summed E-state index contributed by atoms with van der Waals surface area (Å²) < 4.78 is 14.8. The minimum Gasteiger partial charge on any atom is -0.368 e. The lowest BCUT2D eigenvalue weighted by molar-refractivity contribution is 0.601. The van der Waals surface area contributed by atoms with Gasteiger partial charge in [0.05, 0.1) is 5.69 Å². The largest absolute Gasteiger partial charge is 0.368 e. The Kier molecular flexibility index (Phi) is 4.06. The lowest BCUT2D eigenvalue weighted by atomic mass is 10.0. The molecule has 0 bridgehead atoms. The topological polar surface area (TPSA) is 51.8 Å². The summed E-state index contributed by atoms with van der Waals surface area (Å²) in [6.45, 7) is 4.00. The van der Waals surface area contributed by atoms with Crippen LogP contribution < -0.4 is 5.73 Å². The first kappa shape index (κ1) is 15.2. The zero-order chi connectivity index (χ0) is 16.4. The number of hydrogen-bond donors (Lipinski definition) is 1. The molecule has 3 rings (SSSR count). The van der Waals surface area contributed by atoms with Crippen molar-refractivity contribution in [3.8, 4) is 11.3 Å². The Morgan fingerprint density at radius 3 is 2.04 bits per heavy atom. The van der Waals surface area contributed by atoms with Crippen molar-refractivity contribution in [2.24, 2.45) is 0 Å². The van der Waals surface area contributed by atoms with Crippen LogP contribution in [0.25, 0.3) is 11.3 Å². The summed E-state index contributed by atoms with van der Waals surface area (Å²) in [6, 6.07) is 15.5. The molecule has 3 nitrogen and oxygen atoms in total. The maximum atomic E-state index is 14.8. The van der Waals surface area contributed by atoms with Crippen LogP contribution in [0.3, 0.4) is 0 Å². The van der Waals surface area contributed by atoms with Gasteiger partial charge in [0.25, 0.3) is 0 Å². The number of nitrogens with two attached hydrogens (primary N) is 1. The lowest BCUT2D eigenvalue weighted by Crippen LogP contribution is -2.06. The third-order valence-electron chi connectivity index (χ3n) is 3.75. The van der Waals surface area contributed by atoms with E-state index in [-0.39, 0.29) is 11.6 Å². The Labute approximate surface area is 135 Å². The molecule has 4 heteroatoms. The highest BCUT2D eigenvalue weighted by molar-refractivity contribution is 5.62. The van der Waals surface area contributed by atoms with Crippen LogP contribution in [0.15, 0.2) is 48.5 Å². The number of rotatable bonds is 3. The Balaban J connectivity index is 2.01. The van der Waals surface area contributed by atoms with Gasteiger partial charge in [0.1, 0.15) is 5.69 Å². The van der Waals surface area contributed by atoms with Crippen molar-refractivity contribution < 1.29 is 4.39 Å². The van der Waals surface area contributed by atoms with Crippen LogP contribution >= 0.6 is 0 Å². The van der Waals surface area contributed by atoms with E-state index in [4.69, 9.17) is 5.73 Å². The summed E-state index contributed by atoms with van der Waals surface area (Å²) in [5.74, 6) is -0.326. The molecule has 23 heavy (non-hydrogen) atoms. The SMILES string of the molecule is Cc1ccc(Cc2nc(N)nc(-c3ccc(C)cc3)c2F)cc1. The van der Waals surface area contributed by atoms with Crippen LogP contribution in [0.4, 0.5) is 10.3 Å². The number of aromatic nitrogens is 2. The van der Waals surface area contributed by atoms with E-state index in [1.165, 1.54) is 0 Å². The second-order valence-corrected chi connectivity index (χ2v) is 5.72. The molecule has 0 saturated carbocycles. The molecule has 1 aromatic heterocycles. The van der Waals surface area contributed by atoms with Crippen LogP contribution in [0.2, 0.25) is 0 Å². The van der Waals surface area contributed by atoms with Crippen molar-refractivity contribution in [2.75, 3.05) is 5.73 Å². The highest BCUT2D eigenvalue weighted by atomic mass is 19.1. The third-order valence-corrected chi connectivity index (χ3v) is 3.75. The predicted octanol–water partition coefficient (Wildman–Crippen LogP) is 4.07. The highest BCUT2D eigenvalue weighted by Gasteiger charge is 2.15. The quantitative estimate of drug-likeness (QED) is 0.793. The van der Waals surface area contributed by atoms with E-state index in [0.717, 1.165) is 16.7 Å². The monoisotopic (exact) mass is 307 g/mol. The van der Waals surface area contributed by atoms with Gasteiger partial charge >= 0.3 is 0 Å². The van der Waals surface area contributed by atoms with Gasteiger partial charge < -0.3 is 5.73 Å². The zero-order valence-corrected chi connectivity index (χ0v) is 13.2. The summed E-state index contributed by atoms with van der Waals surface area (Å²) in [5, 5.41) is 0. The molecule has 0 aliphatic carbocycles. The molecule has 0 spiro atoms. The van der Waals surface area contributed by atoms with Gasteiger partial charge in [0, 0.05) is 12.0 Å². The average Bonchev–Trinajstić information content (AvgIpc) is 2.53. The Bertz CT molecular complexity index is 824. The number of benzene rings is 2. The smallest absolute Gasteiger partial charge is 0.221 e. The van der Waals surface area contributed by atoms with Gasteiger partial charge in [-0.15, -0.1) is 0 Å². The van der Waals surface area contributed by atoms with E-state index in [1.807, 2.05) is 62.4 Å². The average molecular weight is 307 g/mol. The maximum absolute atomic E-state index is 14.8. The highest BCUT2D eigenvalue weighted by Crippen LogP contribution is 2.25. The summed E-state index contributed by atoms with van der Waals surface area (Å²) in [4.78, 5) is 8.17. The Morgan fingerprint density at radius 2 is 1.43 bits per heavy atom. The van der Waals surface area contributed by atoms with Crippen molar-refractivity contribution in [2.45, 2.75) is 20.3 Å². The van der Waals surface area contributed by atoms with E-state index < -0.39 is 5.82 Å². The normalized spacial score (nSPS) is 10.7. The number of halogens is 1. The van der Waals surface area contributed by atoms with E-state index in [0.29, 0.717) is 17.7 Å². The minimum atomic E-state index is -0.413. The third kappa shape index (κ3) is 3.37. The van der Waals surface area contributed by atoms with Gasteiger partial charge in [-0.25, -0.2) is 14.4 Å². The van der Waals surface area contributed by atoms with Crippen molar-refractivity contribution >= 4 is 5.95 Å². The molecule has 0 saturated heterocycles. The van der Waals surface area contributed by atoms with E-state index in [1.54, 1.807) is 0 Å². The molecular formula is C19H18FN3. The van der Waals surface area contributed by atoms with Gasteiger partial charge in [0.15, 0.2) is 5.82 Å². The fraction of sp³-hybridized carbons (Fsp3) is 0.158. The van der Waals surface area contributed by atoms with Gasteiger partial charge in [-0.05, 0) is 19.4 Å². The Morgan fingerprint density at radius 1 is 0.870 bits per heavy atom. The second kappa shape index (κ2) is 6.16. The second-order valence-electron chi connectivity index (χ2n) is 5.72. The van der Waals surface area contributed by atoms with Crippen LogP contribution in [-0.2, 0) is 6.42 Å². The summed E-state index contributed by atoms with van der Waals surface area (Å²) >= 11 is 0. The van der Waals surface area contributed by atoms with Gasteiger partial charge in [-0.3, -0.25) is 0 Å². The van der Waals surface area contributed by atoms with Gasteiger partial charge in [-0.2, -0.15) is 0 Å². The number of nitrogen functional groups attached to an aromatic ring is 1. The first-order valence-electron chi connectivity index (χ1n) is 7.47. The standard InChI is InChI=1S/C19H18FN3/c1-12-3-7-14(8-4-12)11-16-17(20)18(23-19(21)22-16)15-9-5-13(2)6-10-15/h3-10H,11H2,1-2H3,(H2,21,22,23). The van der Waals surface area contributed by atoms with Crippen molar-refractivity contribution in [1.29, 1.82) is 0 Å². The maximum Gasteiger partial charge on any atom is 0.221 e. The Hall–Kier alpha value is -2.75. The molecule has 2 N–H and O–H groups in total. The molecular weight excluding hydrogens is 289 g/mol. The zero-order valence-electron chi connectivity index (χ0n) is 13.2. The number of nitrogens with zero attached hydrogens (tertiary/aromatic N) is 2. The molecule has 0 aliphatic rings. The van der Waals surface area contributed by atoms with Gasteiger partial charge in [0.2, 0.25) is 5.95 Å². The lowest BCUT2D eigenvalue weighted by Gasteiger charge is -2.09. The predicted molar refractivity (Wildman–Crippen MR) is 90.6 cm³/mol. The number of anilines is 1. The van der Waals surface area contributed by atoms with Crippen molar-refractivity contribution in [3.05, 3.63) is 76.7 Å². The fourth-order valence-corrected chi connectivity index (χ4v) is 2.43. The molecule has 0 amide bonds. The molecule has 3 aromatic rings. The molecule has 2 aromatic carbocycles. The number of aryl methyl sites for hydroxylation is 2. The van der Waals surface area contributed by atoms with Crippen LogP contribution in [0, 0.1) is 19.7 Å². The molecule has 1 heterocycles. The summed E-state index contributed by atoms with van der Waals surface area (Å²) in [6.07, 6.45) is 0.387. The fourth-order valence-electron chi connectivity index (χ4n) is 2.43. The van der Waals surface area contributed by atoms with Crippen LogP contribution in [0.1, 0.15) is 22.4 Å². The van der Waals surface area contributed by atoms with Crippen LogP contribution in [-0.4, -0.2) is 9.97 Å². The van der Waals surface area contributed by atoms with E-state index in [9.17, 15) is 4.39 Å². The van der Waals surface area contributed by atoms with E-state index in [2.05, 4.69) is 9.97 Å². The van der Waals surface area contributed by atoms with Crippen molar-refractivity contribution in [1.82, 2.24) is 9.97 Å². The van der Waals surface area contributed by atoms with Crippen LogP contribution in [0.5, 0.6) is 0 Å². The first-order valence-corrected chi connectivity index (χ1v) is 7.47. The molecule has 0 fully saturated rings. The molecule has 0 unspecified atom stereocenters. The first-order chi connectivity index (χ1) is 11.0. The minimum absolute atomic E-state index is 0.0871. The summed E-state index contributed by atoms with van der Waals surface area (Å²) in [7, 11) is 0. The van der Waals surface area contributed by atoms with Crippen molar-refractivity contribution in [3.63, 3.8) is 0 Å². The molecule has 0 aliphatic heterocycles.